The van der Waals surface area contributed by atoms with Crippen molar-refractivity contribution in [2.24, 2.45) is 0 Å². The number of carbonyl (C=O) groups is 1. The van der Waals surface area contributed by atoms with Crippen molar-refractivity contribution in [2.45, 2.75) is 11.8 Å². The number of halogens is 1. The van der Waals surface area contributed by atoms with Gasteiger partial charge in [-0.25, -0.2) is 17.6 Å². The zero-order chi connectivity index (χ0) is 14.9. The van der Waals surface area contributed by atoms with Gasteiger partial charge in [0, 0.05) is 0 Å². The van der Waals surface area contributed by atoms with Crippen LogP contribution in [0, 0.1) is 12.7 Å². The number of carboxylic acids is 1. The fourth-order valence-corrected chi connectivity index (χ4v) is 3.19. The van der Waals surface area contributed by atoms with Gasteiger partial charge in [-0.3, -0.25) is 4.72 Å². The summed E-state index contributed by atoms with van der Waals surface area (Å²) in [5.74, 6) is -2.56. The van der Waals surface area contributed by atoms with Gasteiger partial charge < -0.3 is 5.11 Å². The number of benzene rings is 1. The van der Waals surface area contributed by atoms with Crippen molar-refractivity contribution in [1.82, 2.24) is 10.2 Å². The lowest BCUT2D eigenvalue weighted by molar-refractivity contribution is 0.0691. The monoisotopic (exact) mass is 317 g/mol. The van der Waals surface area contributed by atoms with E-state index in [0.717, 1.165) is 29.5 Å². The molecule has 2 aromatic rings. The van der Waals surface area contributed by atoms with E-state index in [-0.39, 0.29) is 10.0 Å². The van der Waals surface area contributed by atoms with E-state index in [1.54, 1.807) is 6.92 Å². The lowest BCUT2D eigenvalue weighted by atomic mass is 10.2. The number of sulfonamides is 1. The van der Waals surface area contributed by atoms with Crippen molar-refractivity contribution >= 4 is 32.5 Å². The molecule has 0 unspecified atom stereocenters. The van der Waals surface area contributed by atoms with Crippen molar-refractivity contribution in [3.8, 4) is 0 Å². The molecule has 10 heteroatoms. The Bertz CT molecular complexity index is 773. The van der Waals surface area contributed by atoms with Crippen molar-refractivity contribution in [1.29, 1.82) is 0 Å². The van der Waals surface area contributed by atoms with Crippen LogP contribution >= 0.6 is 11.3 Å². The van der Waals surface area contributed by atoms with E-state index < -0.39 is 27.4 Å². The Morgan fingerprint density at radius 2 is 2.10 bits per heavy atom. The third-order valence-corrected chi connectivity index (χ3v) is 4.45. The van der Waals surface area contributed by atoms with Gasteiger partial charge in [0.05, 0.1) is 10.5 Å². The Labute approximate surface area is 117 Å². The summed E-state index contributed by atoms with van der Waals surface area (Å²) < 4.78 is 39.4. The van der Waals surface area contributed by atoms with Gasteiger partial charge >= 0.3 is 5.97 Å². The van der Waals surface area contributed by atoms with Crippen LogP contribution in [-0.2, 0) is 10.0 Å². The molecular formula is C10H8FN3O4S2. The molecule has 106 valence electrons. The number of aromatic nitrogens is 2. The minimum atomic E-state index is -4.04. The zero-order valence-electron chi connectivity index (χ0n) is 9.99. The van der Waals surface area contributed by atoms with Crippen molar-refractivity contribution in [3.05, 3.63) is 34.6 Å². The van der Waals surface area contributed by atoms with Crippen molar-refractivity contribution in [3.63, 3.8) is 0 Å². The molecule has 0 aliphatic rings. The van der Waals surface area contributed by atoms with Gasteiger partial charge in [-0.15, -0.1) is 10.2 Å². The number of hydrogen-bond acceptors (Lipinski definition) is 6. The largest absolute Gasteiger partial charge is 0.478 e. The summed E-state index contributed by atoms with van der Waals surface area (Å²) in [5, 5.41) is 16.6. The first-order chi connectivity index (χ1) is 9.29. The summed E-state index contributed by atoms with van der Waals surface area (Å²) in [6.07, 6.45) is 0. The quantitative estimate of drug-likeness (QED) is 0.884. The topological polar surface area (TPSA) is 109 Å². The minimum absolute atomic E-state index is 0.0451. The average Bonchev–Trinajstić information content (AvgIpc) is 2.73. The van der Waals surface area contributed by atoms with E-state index in [9.17, 15) is 17.6 Å². The highest BCUT2D eigenvalue weighted by atomic mass is 32.2. The highest BCUT2D eigenvalue weighted by molar-refractivity contribution is 7.93. The van der Waals surface area contributed by atoms with Crippen LogP contribution in [0.2, 0.25) is 0 Å². The van der Waals surface area contributed by atoms with Gasteiger partial charge in [0.2, 0.25) is 5.13 Å². The summed E-state index contributed by atoms with van der Waals surface area (Å²) in [6, 6.07) is 2.50. The normalized spacial score (nSPS) is 11.3. The SMILES string of the molecule is Cc1nnc(NS(=O)(=O)c2ccc(F)c(C(=O)O)c2)s1. The summed E-state index contributed by atoms with van der Waals surface area (Å²) in [6.45, 7) is 1.65. The van der Waals surface area contributed by atoms with Gasteiger partial charge in [0.1, 0.15) is 10.8 Å². The molecule has 0 bridgehead atoms. The number of aryl methyl sites for hydroxylation is 1. The Balaban J connectivity index is 2.39. The third kappa shape index (κ3) is 2.91. The molecular weight excluding hydrogens is 309 g/mol. The summed E-state index contributed by atoms with van der Waals surface area (Å²) >= 11 is 1.02. The first kappa shape index (κ1) is 14.3. The number of rotatable bonds is 4. The molecule has 7 nitrogen and oxygen atoms in total. The van der Waals surface area contributed by atoms with E-state index in [2.05, 4.69) is 14.9 Å². The van der Waals surface area contributed by atoms with Gasteiger partial charge in [-0.1, -0.05) is 11.3 Å². The molecule has 0 atom stereocenters. The highest BCUT2D eigenvalue weighted by Gasteiger charge is 2.20. The maximum atomic E-state index is 13.2. The van der Waals surface area contributed by atoms with Gasteiger partial charge in [-0.05, 0) is 25.1 Å². The second-order valence-corrected chi connectivity index (χ2v) is 6.54. The molecule has 2 N–H and O–H groups in total. The maximum absolute atomic E-state index is 13.2. The minimum Gasteiger partial charge on any atom is -0.478 e. The van der Waals surface area contributed by atoms with Crippen LogP contribution in [0.5, 0.6) is 0 Å². The fourth-order valence-electron chi connectivity index (χ4n) is 1.35. The van der Waals surface area contributed by atoms with Crippen LogP contribution in [-0.4, -0.2) is 29.7 Å². The molecule has 1 aromatic carbocycles. The first-order valence-corrected chi connectivity index (χ1v) is 7.45. The zero-order valence-corrected chi connectivity index (χ0v) is 11.6. The van der Waals surface area contributed by atoms with Crippen LogP contribution in [0.3, 0.4) is 0 Å². The summed E-state index contributed by atoms with van der Waals surface area (Å²) in [4.78, 5) is 10.4. The molecule has 20 heavy (non-hydrogen) atoms. The second kappa shape index (κ2) is 5.13. The molecule has 0 spiro atoms. The predicted octanol–water partition coefficient (Wildman–Crippen LogP) is 1.48. The number of hydrogen-bond donors (Lipinski definition) is 2. The van der Waals surface area contributed by atoms with Gasteiger partial charge in [-0.2, -0.15) is 0 Å². The third-order valence-electron chi connectivity index (χ3n) is 2.23. The summed E-state index contributed by atoms with van der Waals surface area (Å²) in [5.41, 5.74) is -0.721. The molecule has 0 amide bonds. The Kier molecular flexibility index (Phi) is 3.68. The van der Waals surface area contributed by atoms with Crippen LogP contribution in [0.1, 0.15) is 15.4 Å². The van der Waals surface area contributed by atoms with Crippen LogP contribution in [0.25, 0.3) is 0 Å². The second-order valence-electron chi connectivity index (χ2n) is 3.68. The lowest BCUT2D eigenvalue weighted by Crippen LogP contribution is -2.14. The number of aromatic carboxylic acids is 1. The Morgan fingerprint density at radius 1 is 1.40 bits per heavy atom. The molecule has 0 aliphatic carbocycles. The number of nitrogens with one attached hydrogen (secondary N) is 1. The predicted molar refractivity (Wildman–Crippen MR) is 68.8 cm³/mol. The molecule has 0 saturated carbocycles. The van der Waals surface area contributed by atoms with E-state index >= 15 is 0 Å². The van der Waals surface area contributed by atoms with Gasteiger partial charge in [0.15, 0.2) is 0 Å². The van der Waals surface area contributed by atoms with E-state index in [1.807, 2.05) is 0 Å². The van der Waals surface area contributed by atoms with Crippen molar-refractivity contribution in [2.75, 3.05) is 4.72 Å². The molecule has 0 saturated heterocycles. The molecule has 0 aliphatic heterocycles. The van der Waals surface area contributed by atoms with Gasteiger partial charge in [0.25, 0.3) is 10.0 Å². The fraction of sp³-hybridized carbons (Fsp3) is 0.100. The van der Waals surface area contributed by atoms with Crippen molar-refractivity contribution < 1.29 is 22.7 Å². The van der Waals surface area contributed by atoms with E-state index in [4.69, 9.17) is 5.11 Å². The summed E-state index contributed by atoms with van der Waals surface area (Å²) in [7, 11) is -4.04. The first-order valence-electron chi connectivity index (χ1n) is 5.15. The van der Waals surface area contributed by atoms with Crippen LogP contribution in [0.15, 0.2) is 23.1 Å². The number of anilines is 1. The molecule has 0 fully saturated rings. The molecule has 0 radical (unpaired) electrons. The maximum Gasteiger partial charge on any atom is 0.338 e. The van der Waals surface area contributed by atoms with E-state index in [1.165, 1.54) is 0 Å². The van der Waals surface area contributed by atoms with Crippen LogP contribution in [0.4, 0.5) is 9.52 Å². The Morgan fingerprint density at radius 3 is 2.65 bits per heavy atom. The number of carboxylic acid groups (broad SMARTS) is 1. The average molecular weight is 317 g/mol. The Hall–Kier alpha value is -2.07. The smallest absolute Gasteiger partial charge is 0.338 e. The highest BCUT2D eigenvalue weighted by Crippen LogP contribution is 2.21. The molecule has 2 rings (SSSR count). The molecule has 1 heterocycles. The molecule has 1 aromatic heterocycles. The lowest BCUT2D eigenvalue weighted by Gasteiger charge is -2.06. The van der Waals surface area contributed by atoms with Crippen LogP contribution < -0.4 is 4.72 Å². The van der Waals surface area contributed by atoms with E-state index in [0.29, 0.717) is 5.01 Å². The number of nitrogens with zero attached hydrogens (tertiary/aromatic N) is 2. The standard InChI is InChI=1S/C10H8FN3O4S2/c1-5-12-13-10(19-5)14-20(17,18)6-2-3-8(11)7(4-6)9(15)16/h2-4H,1H3,(H,13,14)(H,15,16).